The van der Waals surface area contributed by atoms with E-state index in [2.05, 4.69) is 165 Å². The zero-order valence-corrected chi connectivity index (χ0v) is 28.9. The Bertz CT molecular complexity index is 1730. The second-order valence-corrected chi connectivity index (χ2v) is 15.6. The van der Waals surface area contributed by atoms with Crippen LogP contribution in [0.1, 0.15) is 80.4 Å². The molecule has 7 heteroatoms. The van der Waals surface area contributed by atoms with Crippen molar-refractivity contribution in [1.29, 1.82) is 0 Å². The van der Waals surface area contributed by atoms with Crippen LogP contribution >= 0.6 is 0 Å². The minimum atomic E-state index is -0.544. The predicted molar refractivity (Wildman–Crippen MR) is 190 cm³/mol. The Morgan fingerprint density at radius 1 is 0.435 bits per heavy atom. The summed E-state index contributed by atoms with van der Waals surface area (Å²) in [5.41, 5.74) is 8.24. The Balaban J connectivity index is 1.41. The van der Waals surface area contributed by atoms with Crippen molar-refractivity contribution in [3.63, 3.8) is 0 Å². The van der Waals surface area contributed by atoms with E-state index in [1.54, 1.807) is 0 Å². The topological polar surface area (TPSA) is 40.2 Å². The summed E-state index contributed by atoms with van der Waals surface area (Å²) in [6, 6.07) is 32.7. The molecule has 0 N–H and O–H groups in total. The van der Waals surface area contributed by atoms with Crippen LogP contribution in [-0.2, 0) is 24.0 Å². The van der Waals surface area contributed by atoms with Crippen LogP contribution in [0.15, 0.2) is 91.0 Å². The minimum absolute atomic E-state index is 0.122. The van der Waals surface area contributed by atoms with E-state index in [9.17, 15) is 0 Å². The normalized spacial score (nSPS) is 21.3. The fourth-order valence-electron chi connectivity index (χ4n) is 6.87. The van der Waals surface area contributed by atoms with E-state index in [0.29, 0.717) is 0 Å². The standard InChI is InChI=1S/C39H45B2NO4/c1-35(2)33-19-15-14-18-31(33)32-21-20-29(25-34(32)35)42(28-16-12-11-13-17-28)30-23-26(40-43-36(3,4)37(5,6)44-40)22-27(24-30)41-45-38(7,8)39(9,10)46-41/h11-25H,1-10H3. The van der Waals surface area contributed by atoms with Crippen LogP contribution in [0.4, 0.5) is 17.1 Å². The van der Waals surface area contributed by atoms with Crippen LogP contribution in [-0.4, -0.2) is 36.6 Å². The Kier molecular flexibility index (Phi) is 7.02. The summed E-state index contributed by atoms with van der Waals surface area (Å²) < 4.78 is 26.4. The number of hydrogen-bond donors (Lipinski definition) is 0. The summed E-state index contributed by atoms with van der Waals surface area (Å²) in [5.74, 6) is 0. The summed E-state index contributed by atoms with van der Waals surface area (Å²) in [5, 5.41) is 0. The van der Waals surface area contributed by atoms with Crippen molar-refractivity contribution in [2.75, 3.05) is 4.90 Å². The van der Waals surface area contributed by atoms with Gasteiger partial charge in [-0.05, 0) is 125 Å². The molecule has 7 rings (SSSR count). The lowest BCUT2D eigenvalue weighted by Gasteiger charge is -2.32. The number of nitrogens with zero attached hydrogens (tertiary/aromatic N) is 1. The number of anilines is 3. The average molecular weight is 613 g/mol. The minimum Gasteiger partial charge on any atom is -0.399 e. The highest BCUT2D eigenvalue weighted by Gasteiger charge is 2.54. The first kappa shape index (κ1) is 31.3. The number of hydrogen-bond acceptors (Lipinski definition) is 5. The molecular weight excluding hydrogens is 568 g/mol. The van der Waals surface area contributed by atoms with Crippen LogP contribution < -0.4 is 15.8 Å². The molecule has 1 aliphatic carbocycles. The van der Waals surface area contributed by atoms with Crippen LogP contribution in [0.5, 0.6) is 0 Å². The van der Waals surface area contributed by atoms with Crippen molar-refractivity contribution in [3.05, 3.63) is 102 Å². The Hall–Kier alpha value is -3.35. The first-order chi connectivity index (χ1) is 21.5. The van der Waals surface area contributed by atoms with Crippen molar-refractivity contribution in [3.8, 4) is 11.1 Å². The predicted octanol–water partition coefficient (Wildman–Crippen LogP) is 8.06. The lowest BCUT2D eigenvalue weighted by Crippen LogP contribution is -2.41. The van der Waals surface area contributed by atoms with E-state index in [-0.39, 0.29) is 5.41 Å². The lowest BCUT2D eigenvalue weighted by molar-refractivity contribution is 0.00578. The van der Waals surface area contributed by atoms with E-state index in [1.165, 1.54) is 22.3 Å². The zero-order valence-electron chi connectivity index (χ0n) is 28.9. The van der Waals surface area contributed by atoms with E-state index >= 15 is 0 Å². The molecule has 2 fully saturated rings. The smallest absolute Gasteiger partial charge is 0.399 e. The van der Waals surface area contributed by atoms with Gasteiger partial charge in [-0.25, -0.2) is 0 Å². The summed E-state index contributed by atoms with van der Waals surface area (Å²) in [6.45, 7) is 21.4. The third-order valence-electron chi connectivity index (χ3n) is 11.1. The SMILES string of the molecule is CC1(C)c2ccccc2-c2ccc(N(c3ccccc3)c3cc(B4OC(C)(C)C(C)(C)O4)cc(B4OC(C)(C)C(C)(C)O4)c3)cc21. The molecular formula is C39H45B2NO4. The molecule has 0 amide bonds. The van der Waals surface area contributed by atoms with Gasteiger partial charge in [0.25, 0.3) is 0 Å². The highest BCUT2D eigenvalue weighted by molar-refractivity contribution is 6.66. The largest absolute Gasteiger partial charge is 0.494 e. The molecule has 2 heterocycles. The van der Waals surface area contributed by atoms with E-state index in [1.807, 2.05) is 0 Å². The number of rotatable bonds is 5. The number of benzene rings is 4. The van der Waals surface area contributed by atoms with Crippen LogP contribution in [0.2, 0.25) is 0 Å². The van der Waals surface area contributed by atoms with Gasteiger partial charge in [0.2, 0.25) is 0 Å². The maximum Gasteiger partial charge on any atom is 0.494 e. The van der Waals surface area contributed by atoms with Crippen LogP contribution in [0, 0.1) is 0 Å². The third-order valence-corrected chi connectivity index (χ3v) is 11.1. The average Bonchev–Trinajstić information content (AvgIpc) is 3.47. The molecule has 2 aliphatic heterocycles. The second-order valence-electron chi connectivity index (χ2n) is 15.6. The van der Waals surface area contributed by atoms with E-state index in [0.717, 1.165) is 28.0 Å². The van der Waals surface area contributed by atoms with Crippen molar-refractivity contribution in [2.45, 2.75) is 97.1 Å². The molecule has 0 bridgehead atoms. The molecule has 0 unspecified atom stereocenters. The van der Waals surface area contributed by atoms with Gasteiger partial charge in [-0.3, -0.25) is 0 Å². The van der Waals surface area contributed by atoms with Crippen molar-refractivity contribution >= 4 is 42.2 Å². The molecule has 46 heavy (non-hydrogen) atoms. The van der Waals surface area contributed by atoms with E-state index < -0.39 is 36.6 Å². The van der Waals surface area contributed by atoms with Gasteiger partial charge >= 0.3 is 14.2 Å². The molecule has 0 saturated carbocycles. The highest BCUT2D eigenvalue weighted by atomic mass is 16.7. The molecule has 0 spiro atoms. The molecule has 4 aromatic carbocycles. The Labute approximate surface area is 275 Å². The zero-order chi connectivity index (χ0) is 32.9. The Morgan fingerprint density at radius 2 is 0.913 bits per heavy atom. The van der Waals surface area contributed by atoms with Gasteiger partial charge in [0.1, 0.15) is 0 Å². The van der Waals surface area contributed by atoms with Gasteiger partial charge in [-0.2, -0.15) is 0 Å². The fourth-order valence-corrected chi connectivity index (χ4v) is 6.87. The molecule has 2 saturated heterocycles. The second kappa shape index (κ2) is 10.3. The van der Waals surface area contributed by atoms with Gasteiger partial charge in [0, 0.05) is 22.5 Å². The first-order valence-corrected chi connectivity index (χ1v) is 16.5. The van der Waals surface area contributed by atoms with Crippen molar-refractivity contribution in [2.24, 2.45) is 0 Å². The summed E-state index contributed by atoms with van der Waals surface area (Å²) in [4.78, 5) is 2.32. The van der Waals surface area contributed by atoms with Gasteiger partial charge in [-0.15, -0.1) is 0 Å². The van der Waals surface area contributed by atoms with Crippen molar-refractivity contribution in [1.82, 2.24) is 0 Å². The summed E-state index contributed by atoms with van der Waals surface area (Å²) in [6.07, 6.45) is 0. The third kappa shape index (κ3) is 4.86. The first-order valence-electron chi connectivity index (χ1n) is 16.5. The highest BCUT2D eigenvalue weighted by Crippen LogP contribution is 2.50. The van der Waals surface area contributed by atoms with E-state index in [4.69, 9.17) is 18.6 Å². The van der Waals surface area contributed by atoms with Gasteiger partial charge in [0.15, 0.2) is 0 Å². The maximum atomic E-state index is 6.60. The molecule has 236 valence electrons. The van der Waals surface area contributed by atoms with Crippen LogP contribution in [0.3, 0.4) is 0 Å². The number of para-hydroxylation sites is 1. The van der Waals surface area contributed by atoms with Gasteiger partial charge in [-0.1, -0.05) is 68.4 Å². The molecule has 4 aromatic rings. The quantitative estimate of drug-likeness (QED) is 0.213. The molecule has 0 atom stereocenters. The van der Waals surface area contributed by atoms with Gasteiger partial charge in [0.05, 0.1) is 22.4 Å². The summed E-state index contributed by atoms with van der Waals surface area (Å²) >= 11 is 0. The number of fused-ring (bicyclic) bond motifs is 3. The van der Waals surface area contributed by atoms with Crippen LogP contribution in [0.25, 0.3) is 11.1 Å². The maximum absolute atomic E-state index is 6.60. The van der Waals surface area contributed by atoms with Crippen molar-refractivity contribution < 1.29 is 18.6 Å². The molecule has 5 nitrogen and oxygen atoms in total. The Morgan fingerprint density at radius 3 is 1.46 bits per heavy atom. The molecule has 0 aromatic heterocycles. The monoisotopic (exact) mass is 613 g/mol. The lowest BCUT2D eigenvalue weighted by atomic mass is 9.71. The fraction of sp³-hybridized carbons (Fsp3) is 0.385. The summed E-state index contributed by atoms with van der Waals surface area (Å²) in [7, 11) is -1.09. The molecule has 3 aliphatic rings. The molecule has 0 radical (unpaired) electrons. The van der Waals surface area contributed by atoms with Gasteiger partial charge < -0.3 is 23.5 Å².